The molecule has 18 heavy (non-hydrogen) atoms. The summed E-state index contributed by atoms with van der Waals surface area (Å²) in [4.78, 5) is 0. The van der Waals surface area contributed by atoms with E-state index in [9.17, 15) is 0 Å². The van der Waals surface area contributed by atoms with Crippen molar-refractivity contribution in [1.29, 1.82) is 0 Å². The van der Waals surface area contributed by atoms with Crippen LogP contribution in [0.1, 0.15) is 29.2 Å². The third-order valence-electron chi connectivity index (χ3n) is 3.15. The highest BCUT2D eigenvalue weighted by Gasteiger charge is 2.06. The Labute approximate surface area is 109 Å². The molecule has 0 radical (unpaired) electrons. The smallest absolute Gasteiger partial charge is 0.125 e. The van der Waals surface area contributed by atoms with E-state index in [0.717, 1.165) is 12.2 Å². The molecule has 2 aromatic rings. The lowest BCUT2D eigenvalue weighted by molar-refractivity contribution is 0.302. The SMILES string of the molecule is CCc1cc(C)c(OCc2ccccc2)c(C)c1. The van der Waals surface area contributed by atoms with Crippen LogP contribution in [0.2, 0.25) is 0 Å². The molecule has 1 nitrogen and oxygen atoms in total. The lowest BCUT2D eigenvalue weighted by Gasteiger charge is -2.13. The van der Waals surface area contributed by atoms with Crippen molar-refractivity contribution in [3.8, 4) is 5.75 Å². The summed E-state index contributed by atoms with van der Waals surface area (Å²) in [5.74, 6) is 1.02. The standard InChI is InChI=1S/C17H20O/c1-4-15-10-13(2)17(14(3)11-15)18-12-16-8-6-5-7-9-16/h5-11H,4,12H2,1-3H3. The van der Waals surface area contributed by atoms with E-state index in [2.05, 4.69) is 45.0 Å². The molecule has 0 aromatic heterocycles. The van der Waals surface area contributed by atoms with Crippen molar-refractivity contribution in [2.24, 2.45) is 0 Å². The quantitative estimate of drug-likeness (QED) is 0.767. The van der Waals surface area contributed by atoms with Gasteiger partial charge >= 0.3 is 0 Å². The minimum absolute atomic E-state index is 0.633. The third-order valence-corrected chi connectivity index (χ3v) is 3.15. The Morgan fingerprint density at radius 1 is 0.889 bits per heavy atom. The second-order valence-electron chi connectivity index (χ2n) is 4.69. The minimum atomic E-state index is 0.633. The van der Waals surface area contributed by atoms with Crippen LogP contribution < -0.4 is 4.74 Å². The number of ether oxygens (including phenoxy) is 1. The van der Waals surface area contributed by atoms with E-state index in [1.54, 1.807) is 0 Å². The third kappa shape index (κ3) is 2.92. The molecule has 0 spiro atoms. The van der Waals surface area contributed by atoms with Crippen LogP contribution in [0, 0.1) is 13.8 Å². The second-order valence-corrected chi connectivity index (χ2v) is 4.69. The largest absolute Gasteiger partial charge is 0.488 e. The minimum Gasteiger partial charge on any atom is -0.488 e. The number of hydrogen-bond donors (Lipinski definition) is 0. The molecule has 0 saturated heterocycles. The Balaban J connectivity index is 2.15. The van der Waals surface area contributed by atoms with Crippen LogP contribution >= 0.6 is 0 Å². The number of aryl methyl sites for hydroxylation is 3. The molecule has 0 fully saturated rings. The molecule has 2 aromatic carbocycles. The summed E-state index contributed by atoms with van der Waals surface area (Å²) in [5.41, 5.74) is 5.03. The first-order valence-electron chi connectivity index (χ1n) is 6.47. The molecule has 0 atom stereocenters. The van der Waals surface area contributed by atoms with Gasteiger partial charge < -0.3 is 4.74 Å². The molecular formula is C17H20O. The van der Waals surface area contributed by atoms with E-state index >= 15 is 0 Å². The topological polar surface area (TPSA) is 9.23 Å². The van der Waals surface area contributed by atoms with E-state index in [4.69, 9.17) is 4.74 Å². The van der Waals surface area contributed by atoms with Crippen molar-refractivity contribution in [3.63, 3.8) is 0 Å². The average Bonchev–Trinajstić information content (AvgIpc) is 2.38. The predicted molar refractivity (Wildman–Crippen MR) is 76.1 cm³/mol. The second kappa shape index (κ2) is 5.72. The summed E-state index contributed by atoms with van der Waals surface area (Å²) in [5, 5.41) is 0. The van der Waals surface area contributed by atoms with Crippen molar-refractivity contribution in [2.45, 2.75) is 33.8 Å². The van der Waals surface area contributed by atoms with Crippen LogP contribution in [0.25, 0.3) is 0 Å². The van der Waals surface area contributed by atoms with Gasteiger partial charge in [-0.25, -0.2) is 0 Å². The highest BCUT2D eigenvalue weighted by Crippen LogP contribution is 2.25. The van der Waals surface area contributed by atoms with E-state index in [1.165, 1.54) is 22.3 Å². The first-order chi connectivity index (χ1) is 8.70. The maximum absolute atomic E-state index is 5.95. The number of hydrogen-bond acceptors (Lipinski definition) is 1. The van der Waals surface area contributed by atoms with Crippen LogP contribution in [-0.4, -0.2) is 0 Å². The summed E-state index contributed by atoms with van der Waals surface area (Å²) < 4.78 is 5.95. The fourth-order valence-corrected chi connectivity index (χ4v) is 2.20. The Kier molecular flexibility index (Phi) is 4.03. The molecular weight excluding hydrogens is 220 g/mol. The Hall–Kier alpha value is -1.76. The molecule has 0 unspecified atom stereocenters. The zero-order valence-electron chi connectivity index (χ0n) is 11.4. The van der Waals surface area contributed by atoms with E-state index in [1.807, 2.05) is 18.2 Å². The van der Waals surface area contributed by atoms with Gasteiger partial charge in [-0.15, -0.1) is 0 Å². The molecule has 94 valence electrons. The highest BCUT2D eigenvalue weighted by atomic mass is 16.5. The van der Waals surface area contributed by atoms with Gasteiger partial charge in [-0.3, -0.25) is 0 Å². The Morgan fingerprint density at radius 2 is 1.50 bits per heavy atom. The first-order valence-corrected chi connectivity index (χ1v) is 6.47. The fourth-order valence-electron chi connectivity index (χ4n) is 2.20. The summed E-state index contributed by atoms with van der Waals surface area (Å²) >= 11 is 0. The zero-order valence-corrected chi connectivity index (χ0v) is 11.4. The molecule has 0 amide bonds. The summed E-state index contributed by atoms with van der Waals surface area (Å²) in [7, 11) is 0. The van der Waals surface area contributed by atoms with Gasteiger partial charge in [0.05, 0.1) is 0 Å². The normalized spacial score (nSPS) is 10.4. The van der Waals surface area contributed by atoms with Gasteiger partial charge in [0, 0.05) is 0 Å². The summed E-state index contributed by atoms with van der Waals surface area (Å²) in [6, 6.07) is 14.7. The fraction of sp³-hybridized carbons (Fsp3) is 0.294. The van der Waals surface area contributed by atoms with Gasteiger partial charge in [-0.2, -0.15) is 0 Å². The van der Waals surface area contributed by atoms with Gasteiger partial charge in [0.1, 0.15) is 12.4 Å². The lowest BCUT2D eigenvalue weighted by atomic mass is 10.0. The molecule has 0 aliphatic rings. The predicted octanol–water partition coefficient (Wildman–Crippen LogP) is 4.44. The molecule has 0 heterocycles. The summed E-state index contributed by atoms with van der Waals surface area (Å²) in [6.07, 6.45) is 1.07. The Morgan fingerprint density at radius 3 is 2.06 bits per heavy atom. The van der Waals surface area contributed by atoms with Crippen molar-refractivity contribution >= 4 is 0 Å². The van der Waals surface area contributed by atoms with Crippen molar-refractivity contribution in [1.82, 2.24) is 0 Å². The van der Waals surface area contributed by atoms with E-state index in [0.29, 0.717) is 6.61 Å². The van der Waals surface area contributed by atoms with Crippen LogP contribution in [0.5, 0.6) is 5.75 Å². The molecule has 0 aliphatic carbocycles. The average molecular weight is 240 g/mol. The van der Waals surface area contributed by atoms with Gasteiger partial charge in [0.25, 0.3) is 0 Å². The van der Waals surface area contributed by atoms with Crippen LogP contribution in [0.15, 0.2) is 42.5 Å². The monoisotopic (exact) mass is 240 g/mol. The van der Waals surface area contributed by atoms with Gasteiger partial charge in [-0.05, 0) is 42.5 Å². The maximum Gasteiger partial charge on any atom is 0.125 e. The zero-order chi connectivity index (χ0) is 13.0. The van der Waals surface area contributed by atoms with E-state index in [-0.39, 0.29) is 0 Å². The van der Waals surface area contributed by atoms with Crippen LogP contribution in [0.4, 0.5) is 0 Å². The molecule has 0 aliphatic heterocycles. The van der Waals surface area contributed by atoms with E-state index < -0.39 is 0 Å². The molecule has 0 saturated carbocycles. The van der Waals surface area contributed by atoms with Crippen LogP contribution in [0.3, 0.4) is 0 Å². The molecule has 2 rings (SSSR count). The van der Waals surface area contributed by atoms with Crippen LogP contribution in [-0.2, 0) is 13.0 Å². The van der Waals surface area contributed by atoms with Crippen molar-refractivity contribution in [3.05, 3.63) is 64.7 Å². The van der Waals surface area contributed by atoms with Gasteiger partial charge in [0.2, 0.25) is 0 Å². The number of benzene rings is 2. The Bertz CT molecular complexity index is 491. The van der Waals surface area contributed by atoms with Gasteiger partial charge in [-0.1, -0.05) is 49.4 Å². The van der Waals surface area contributed by atoms with Gasteiger partial charge in [0.15, 0.2) is 0 Å². The lowest BCUT2D eigenvalue weighted by Crippen LogP contribution is -1.99. The molecule has 0 N–H and O–H groups in total. The molecule has 0 bridgehead atoms. The summed E-state index contributed by atoms with van der Waals surface area (Å²) in [6.45, 7) is 7.05. The first kappa shape index (κ1) is 12.7. The molecule has 1 heteroatoms. The van der Waals surface area contributed by atoms with Crippen molar-refractivity contribution < 1.29 is 4.74 Å². The van der Waals surface area contributed by atoms with Crippen molar-refractivity contribution in [2.75, 3.05) is 0 Å². The maximum atomic E-state index is 5.95. The highest BCUT2D eigenvalue weighted by molar-refractivity contribution is 5.43. The number of rotatable bonds is 4.